The van der Waals surface area contributed by atoms with Crippen molar-refractivity contribution in [2.45, 2.75) is 12.0 Å². The Morgan fingerprint density at radius 1 is 0.938 bits per heavy atom. The summed E-state index contributed by atoms with van der Waals surface area (Å²) < 4.78 is 52.6. The highest BCUT2D eigenvalue weighted by Crippen LogP contribution is 2.47. The van der Waals surface area contributed by atoms with Crippen LogP contribution in [0.2, 0.25) is 0 Å². The molecule has 1 amide bonds. The van der Waals surface area contributed by atoms with E-state index in [4.69, 9.17) is 9.47 Å². The van der Waals surface area contributed by atoms with Crippen molar-refractivity contribution < 1.29 is 32.5 Å². The minimum Gasteiger partial charge on any atom is -0.484 e. The van der Waals surface area contributed by atoms with E-state index in [0.717, 1.165) is 0 Å². The number of nitrogens with one attached hydrogen (secondary N) is 1. The minimum absolute atomic E-state index is 0.000311. The number of fused-ring (bicyclic) bond motifs is 1. The van der Waals surface area contributed by atoms with E-state index in [2.05, 4.69) is 5.32 Å². The molecule has 0 saturated heterocycles. The lowest BCUT2D eigenvalue weighted by Crippen LogP contribution is -2.58. The Balaban J connectivity index is 1.80. The van der Waals surface area contributed by atoms with Crippen molar-refractivity contribution in [2.24, 2.45) is 0 Å². The van der Waals surface area contributed by atoms with Gasteiger partial charge in [-0.25, -0.2) is 0 Å². The Hall–Kier alpha value is -3.78. The van der Waals surface area contributed by atoms with Gasteiger partial charge in [0.15, 0.2) is 6.61 Å². The minimum atomic E-state index is -5.25. The summed E-state index contributed by atoms with van der Waals surface area (Å²) >= 11 is 0. The first-order valence-electron chi connectivity index (χ1n) is 9.65. The van der Waals surface area contributed by atoms with Gasteiger partial charge in [0.2, 0.25) is 0 Å². The van der Waals surface area contributed by atoms with Crippen LogP contribution in [-0.4, -0.2) is 29.6 Å². The Morgan fingerprint density at radius 2 is 1.53 bits per heavy atom. The van der Waals surface area contributed by atoms with E-state index in [-0.39, 0.29) is 11.3 Å². The van der Waals surface area contributed by atoms with Crippen LogP contribution < -0.4 is 14.8 Å². The van der Waals surface area contributed by atoms with Gasteiger partial charge in [-0.3, -0.25) is 4.79 Å². The number of amides is 1. The first-order valence-corrected chi connectivity index (χ1v) is 9.65. The van der Waals surface area contributed by atoms with Gasteiger partial charge >= 0.3 is 12.0 Å². The van der Waals surface area contributed by atoms with Gasteiger partial charge in [0.25, 0.3) is 5.91 Å². The monoisotopic (exact) mass is 441 g/mol. The molecule has 0 saturated carbocycles. The second-order valence-electron chi connectivity index (χ2n) is 7.01. The van der Waals surface area contributed by atoms with Crippen molar-refractivity contribution in [2.75, 3.05) is 6.61 Å². The molecule has 1 aliphatic rings. The van der Waals surface area contributed by atoms with E-state index in [1.54, 1.807) is 72.8 Å². The lowest BCUT2D eigenvalue weighted by molar-refractivity contribution is -0.318. The van der Waals surface area contributed by atoms with Gasteiger partial charge in [0.1, 0.15) is 17.2 Å². The van der Waals surface area contributed by atoms with Gasteiger partial charge in [-0.1, -0.05) is 66.7 Å². The van der Waals surface area contributed by atoms with Gasteiger partial charge in [-0.15, -0.1) is 0 Å². The van der Waals surface area contributed by atoms with Crippen LogP contribution in [0.4, 0.5) is 13.2 Å². The fraction of sp³-hybridized carbons (Fsp3) is 0.125. The summed E-state index contributed by atoms with van der Waals surface area (Å²) in [6.07, 6.45) is -5.25. The van der Waals surface area contributed by atoms with Gasteiger partial charge in [0.05, 0.1) is 0 Å². The van der Waals surface area contributed by atoms with Gasteiger partial charge in [0, 0.05) is 11.1 Å². The van der Waals surface area contributed by atoms with Crippen LogP contribution in [0.25, 0.3) is 5.57 Å². The largest absolute Gasteiger partial charge is 0.484 e. The van der Waals surface area contributed by atoms with Crippen molar-refractivity contribution in [1.82, 2.24) is 5.32 Å². The maximum absolute atomic E-state index is 14.1. The highest BCUT2D eigenvalue weighted by Gasteiger charge is 2.63. The summed E-state index contributed by atoms with van der Waals surface area (Å²) in [7, 11) is 0. The molecule has 2 N–H and O–H groups in total. The number of benzene rings is 3. The molecular formula is C24H18F3NO4. The molecule has 0 aromatic heterocycles. The Bertz CT molecular complexity index is 1150. The van der Waals surface area contributed by atoms with Crippen LogP contribution in [0.5, 0.6) is 11.5 Å². The lowest BCUT2D eigenvalue weighted by atomic mass is 9.89. The molecule has 3 aromatic rings. The van der Waals surface area contributed by atoms with Crippen LogP contribution >= 0.6 is 0 Å². The number of carbonyl (C=O) groups is 1. The smallest absolute Gasteiger partial charge is 0.462 e. The number of hydrogen-bond donors (Lipinski definition) is 2. The summed E-state index contributed by atoms with van der Waals surface area (Å²) in [5, 5.41) is 12.9. The third kappa shape index (κ3) is 4.04. The second kappa shape index (κ2) is 8.39. The summed E-state index contributed by atoms with van der Waals surface area (Å²) in [6, 6.07) is 22.5. The molecule has 1 aliphatic heterocycles. The molecule has 0 fully saturated rings. The molecule has 1 unspecified atom stereocenters. The fourth-order valence-corrected chi connectivity index (χ4v) is 3.37. The molecule has 1 atom stereocenters. The van der Waals surface area contributed by atoms with Crippen LogP contribution in [0.3, 0.4) is 0 Å². The molecule has 8 heteroatoms. The fourth-order valence-electron chi connectivity index (χ4n) is 3.37. The van der Waals surface area contributed by atoms with Crippen molar-refractivity contribution in [3.05, 3.63) is 102 Å². The van der Waals surface area contributed by atoms with Gasteiger partial charge in [-0.2, -0.15) is 13.2 Å². The summed E-state index contributed by atoms with van der Waals surface area (Å²) in [6.45, 7) is -0.564. The predicted molar refractivity (Wildman–Crippen MR) is 111 cm³/mol. The normalized spacial score (nSPS) is 17.9. The number of alkyl halides is 3. The molecule has 0 spiro atoms. The number of ether oxygens (including phenoxy) is 2. The molecule has 4 rings (SSSR count). The van der Waals surface area contributed by atoms with Crippen molar-refractivity contribution in [1.29, 1.82) is 0 Å². The summed E-state index contributed by atoms with van der Waals surface area (Å²) in [5.74, 6) is -4.45. The SMILES string of the molecule is O=C(COc1ccccc1)NC1=C(c2ccccc2)c2ccccc2OC1(O)C(F)(F)F. The quantitative estimate of drug-likeness (QED) is 0.620. The number of carbonyl (C=O) groups excluding carboxylic acids is 1. The Morgan fingerprint density at radius 3 is 2.19 bits per heavy atom. The van der Waals surface area contributed by atoms with E-state index >= 15 is 0 Å². The van der Waals surface area contributed by atoms with Crippen LogP contribution in [0.1, 0.15) is 11.1 Å². The van der Waals surface area contributed by atoms with E-state index in [9.17, 15) is 23.1 Å². The van der Waals surface area contributed by atoms with Crippen LogP contribution in [-0.2, 0) is 4.79 Å². The van der Waals surface area contributed by atoms with Gasteiger partial charge < -0.3 is 19.9 Å². The van der Waals surface area contributed by atoms with E-state index in [1.807, 2.05) is 0 Å². The predicted octanol–water partition coefficient (Wildman–Crippen LogP) is 4.28. The number of rotatable bonds is 5. The average Bonchev–Trinajstić information content (AvgIpc) is 2.79. The zero-order valence-corrected chi connectivity index (χ0v) is 16.6. The zero-order valence-electron chi connectivity index (χ0n) is 16.6. The first-order chi connectivity index (χ1) is 15.3. The number of para-hydroxylation sites is 2. The number of halogens is 3. The molecule has 0 bridgehead atoms. The maximum atomic E-state index is 14.1. The van der Waals surface area contributed by atoms with Gasteiger partial charge in [-0.05, 0) is 23.8 Å². The third-order valence-corrected chi connectivity index (χ3v) is 4.83. The summed E-state index contributed by atoms with van der Waals surface area (Å²) in [4.78, 5) is 12.6. The molecule has 164 valence electrons. The molecule has 32 heavy (non-hydrogen) atoms. The number of aliphatic hydroxyl groups is 1. The zero-order chi connectivity index (χ0) is 22.8. The highest BCUT2D eigenvalue weighted by atomic mass is 19.4. The molecule has 5 nitrogen and oxygen atoms in total. The molecule has 0 radical (unpaired) electrons. The Labute approximate surface area is 181 Å². The van der Waals surface area contributed by atoms with Crippen molar-refractivity contribution >= 4 is 11.5 Å². The van der Waals surface area contributed by atoms with Crippen molar-refractivity contribution in [3.63, 3.8) is 0 Å². The maximum Gasteiger partial charge on any atom is 0.462 e. The molecule has 3 aromatic carbocycles. The number of hydrogen-bond acceptors (Lipinski definition) is 4. The average molecular weight is 441 g/mol. The van der Waals surface area contributed by atoms with Crippen molar-refractivity contribution in [3.8, 4) is 11.5 Å². The first kappa shape index (κ1) is 21.5. The van der Waals surface area contributed by atoms with Crippen LogP contribution in [0, 0.1) is 0 Å². The van der Waals surface area contributed by atoms with Crippen LogP contribution in [0.15, 0.2) is 90.6 Å². The van der Waals surface area contributed by atoms with E-state index in [0.29, 0.717) is 16.9 Å². The summed E-state index contributed by atoms with van der Waals surface area (Å²) in [5.41, 5.74) is -0.158. The molecular weight excluding hydrogens is 423 g/mol. The van der Waals surface area contributed by atoms with E-state index in [1.165, 1.54) is 12.1 Å². The van der Waals surface area contributed by atoms with E-state index < -0.39 is 30.2 Å². The standard InChI is InChI=1S/C24H18F3NO4/c25-24(26,27)23(30)22(28-20(29)15-31-17-11-5-2-6-12-17)21(16-9-3-1-4-10-16)18-13-7-8-14-19(18)32-23/h1-14,30H,15H2,(H,28,29). The second-order valence-corrected chi connectivity index (χ2v) is 7.01. The third-order valence-electron chi connectivity index (χ3n) is 4.83. The Kier molecular flexibility index (Phi) is 5.63. The molecule has 0 aliphatic carbocycles. The highest BCUT2D eigenvalue weighted by molar-refractivity contribution is 5.91. The topological polar surface area (TPSA) is 67.8 Å². The lowest BCUT2D eigenvalue weighted by Gasteiger charge is -2.38. The molecule has 1 heterocycles.